The zero-order chi connectivity index (χ0) is 29.6. The van der Waals surface area contributed by atoms with E-state index in [1.54, 1.807) is 34.6 Å². The standard InChI is InChI=1S/C5H10O5.5C3H6O2/c6-1-3(8)5(10)4(9)2-7;5*1-2-3(4)5/h1,3-5,7-10H,2H2;5*2H2,1H3,(H,4,5)/t3-,4-,5+;;;;;/m1...../s1. The summed E-state index contributed by atoms with van der Waals surface area (Å²) in [4.78, 5) is 56.6. The summed E-state index contributed by atoms with van der Waals surface area (Å²) < 4.78 is 0. The lowest BCUT2D eigenvalue weighted by Gasteiger charge is -2.16. The summed E-state index contributed by atoms with van der Waals surface area (Å²) in [7, 11) is 0. The van der Waals surface area contributed by atoms with Crippen LogP contribution in [-0.2, 0) is 28.8 Å². The number of carbonyl (C=O) groups excluding carboxylic acids is 1. The quantitative estimate of drug-likeness (QED) is 0.176. The maximum atomic E-state index is 9.76. The smallest absolute Gasteiger partial charge is 0.303 e. The van der Waals surface area contributed by atoms with E-state index in [1.165, 1.54) is 0 Å². The summed E-state index contributed by atoms with van der Waals surface area (Å²) in [6.45, 7) is 7.31. The first-order chi connectivity index (χ1) is 16.0. The lowest BCUT2D eigenvalue weighted by atomic mass is 10.1. The van der Waals surface area contributed by atoms with Gasteiger partial charge in [0.2, 0.25) is 0 Å². The zero-order valence-electron chi connectivity index (χ0n) is 20.5. The second-order valence-corrected chi connectivity index (χ2v) is 5.60. The van der Waals surface area contributed by atoms with Crippen molar-refractivity contribution in [3.63, 3.8) is 0 Å². The molecule has 0 aromatic rings. The number of aldehydes is 1. The minimum absolute atomic E-state index is 0.0869. The topological polar surface area (TPSA) is 284 Å². The highest BCUT2D eigenvalue weighted by atomic mass is 16.4. The highest BCUT2D eigenvalue weighted by Gasteiger charge is 2.22. The first kappa shape index (κ1) is 45.4. The third-order valence-electron chi connectivity index (χ3n) is 2.58. The predicted molar refractivity (Wildman–Crippen MR) is 121 cm³/mol. The Hall–Kier alpha value is -3.14. The van der Waals surface area contributed by atoms with Gasteiger partial charge in [0, 0.05) is 32.1 Å². The number of rotatable bonds is 9. The van der Waals surface area contributed by atoms with E-state index >= 15 is 0 Å². The van der Waals surface area contributed by atoms with Crippen molar-refractivity contribution in [1.82, 2.24) is 0 Å². The molecule has 0 unspecified atom stereocenters. The van der Waals surface area contributed by atoms with E-state index < -0.39 is 54.8 Å². The summed E-state index contributed by atoms with van der Waals surface area (Å²) in [5.74, 6) is -3.73. The number of hydrogen-bond acceptors (Lipinski definition) is 10. The summed E-state index contributed by atoms with van der Waals surface area (Å²) in [6, 6.07) is 0. The minimum atomic E-state index is -1.64. The Morgan fingerprint density at radius 3 is 0.829 bits per heavy atom. The van der Waals surface area contributed by atoms with Crippen LogP contribution in [0.2, 0.25) is 0 Å². The first-order valence-corrected chi connectivity index (χ1v) is 10.2. The van der Waals surface area contributed by atoms with Gasteiger partial charge in [0.05, 0.1) is 6.61 Å². The van der Waals surface area contributed by atoms with Crippen molar-refractivity contribution in [3.05, 3.63) is 0 Å². The molecular formula is C20H40O15. The van der Waals surface area contributed by atoms with Gasteiger partial charge >= 0.3 is 29.8 Å². The number of aliphatic hydroxyl groups is 4. The van der Waals surface area contributed by atoms with E-state index in [0.29, 0.717) is 0 Å². The van der Waals surface area contributed by atoms with Crippen molar-refractivity contribution in [3.8, 4) is 0 Å². The monoisotopic (exact) mass is 520 g/mol. The van der Waals surface area contributed by atoms with Gasteiger partial charge in [-0.25, -0.2) is 0 Å². The van der Waals surface area contributed by atoms with Crippen molar-refractivity contribution in [2.24, 2.45) is 0 Å². The third kappa shape index (κ3) is 72.3. The largest absolute Gasteiger partial charge is 0.481 e. The van der Waals surface area contributed by atoms with Gasteiger partial charge in [0.1, 0.15) is 18.3 Å². The number of carboxylic acids is 5. The molecule has 9 N–H and O–H groups in total. The predicted octanol–water partition coefficient (Wildman–Crippen LogP) is -0.335. The van der Waals surface area contributed by atoms with Gasteiger partial charge in [0.15, 0.2) is 6.29 Å². The number of carboxylic acid groups (broad SMARTS) is 5. The summed E-state index contributed by atoms with van der Waals surface area (Å²) >= 11 is 0. The van der Waals surface area contributed by atoms with Crippen LogP contribution in [-0.4, -0.2) is 107 Å². The van der Waals surface area contributed by atoms with Crippen molar-refractivity contribution in [2.45, 2.75) is 85.0 Å². The molecule has 0 aromatic carbocycles. The van der Waals surface area contributed by atoms with E-state index in [1.807, 2.05) is 0 Å². The number of hydrogen-bond donors (Lipinski definition) is 9. The molecule has 35 heavy (non-hydrogen) atoms. The average molecular weight is 521 g/mol. The van der Waals surface area contributed by atoms with Crippen LogP contribution in [0.15, 0.2) is 0 Å². The Morgan fingerprint density at radius 2 is 0.743 bits per heavy atom. The highest BCUT2D eigenvalue weighted by Crippen LogP contribution is 1.96. The fraction of sp³-hybridized carbons (Fsp3) is 0.700. The molecular weight excluding hydrogens is 480 g/mol. The molecule has 15 nitrogen and oxygen atoms in total. The molecule has 210 valence electrons. The van der Waals surface area contributed by atoms with E-state index in [-0.39, 0.29) is 38.4 Å². The van der Waals surface area contributed by atoms with E-state index in [9.17, 15) is 28.8 Å². The van der Waals surface area contributed by atoms with Gasteiger partial charge in [-0.2, -0.15) is 0 Å². The first-order valence-electron chi connectivity index (χ1n) is 10.2. The van der Waals surface area contributed by atoms with Crippen LogP contribution >= 0.6 is 0 Å². The maximum absolute atomic E-state index is 9.76. The molecule has 0 aliphatic carbocycles. The fourth-order valence-corrected chi connectivity index (χ4v) is 0.416. The van der Waals surface area contributed by atoms with Gasteiger partial charge in [-0.1, -0.05) is 34.6 Å². The van der Waals surface area contributed by atoms with Crippen LogP contribution in [0, 0.1) is 0 Å². The van der Waals surface area contributed by atoms with Crippen LogP contribution in [0.25, 0.3) is 0 Å². The average Bonchev–Trinajstić information content (AvgIpc) is 2.83. The van der Waals surface area contributed by atoms with Gasteiger partial charge in [-0.3, -0.25) is 24.0 Å². The Kier molecular flexibility index (Phi) is 46.0. The number of aliphatic hydroxyl groups excluding tert-OH is 4. The molecule has 0 aliphatic heterocycles. The summed E-state index contributed by atoms with van der Waals surface area (Å²) in [5, 5.41) is 72.7. The maximum Gasteiger partial charge on any atom is 0.303 e. The third-order valence-corrected chi connectivity index (χ3v) is 2.58. The van der Waals surface area contributed by atoms with Crippen molar-refractivity contribution < 1.29 is 74.7 Å². The second-order valence-electron chi connectivity index (χ2n) is 5.60. The SMILES string of the molecule is CCC(=O)O.CCC(=O)O.CCC(=O)O.CCC(=O)O.CCC(=O)O.O=C[C@@H](O)[C@H](O)[C@H](O)CO. The molecule has 15 heteroatoms. The molecule has 0 saturated heterocycles. The molecule has 0 fully saturated rings. The fourth-order valence-electron chi connectivity index (χ4n) is 0.416. The molecule has 0 saturated carbocycles. The lowest BCUT2D eigenvalue weighted by Crippen LogP contribution is -2.40. The van der Waals surface area contributed by atoms with Crippen LogP contribution in [0.4, 0.5) is 0 Å². The molecule has 0 amide bonds. The Labute approximate surface area is 203 Å². The lowest BCUT2D eigenvalue weighted by molar-refractivity contribution is -0.137. The Balaban J connectivity index is -0.0000000744. The second kappa shape index (κ2) is 35.4. The van der Waals surface area contributed by atoms with Gasteiger partial charge in [-0.15, -0.1) is 0 Å². The van der Waals surface area contributed by atoms with Crippen LogP contribution in [0.1, 0.15) is 66.7 Å². The van der Waals surface area contributed by atoms with E-state index in [0.717, 1.165) is 0 Å². The van der Waals surface area contributed by atoms with Crippen molar-refractivity contribution >= 4 is 36.1 Å². The normalized spacial score (nSPS) is 10.9. The molecule has 0 radical (unpaired) electrons. The number of carbonyl (C=O) groups is 6. The van der Waals surface area contributed by atoms with E-state index in [4.69, 9.17) is 46.0 Å². The molecule has 0 rings (SSSR count). The molecule has 0 spiro atoms. The van der Waals surface area contributed by atoms with Gasteiger partial charge in [-0.05, 0) is 0 Å². The summed E-state index contributed by atoms with van der Waals surface area (Å²) in [5.41, 5.74) is 0. The highest BCUT2D eigenvalue weighted by molar-refractivity contribution is 5.67. The molecule has 0 heterocycles. The van der Waals surface area contributed by atoms with Crippen molar-refractivity contribution in [2.75, 3.05) is 6.61 Å². The zero-order valence-corrected chi connectivity index (χ0v) is 20.5. The van der Waals surface area contributed by atoms with Crippen LogP contribution in [0.5, 0.6) is 0 Å². The van der Waals surface area contributed by atoms with Gasteiger partial charge < -0.3 is 50.8 Å². The van der Waals surface area contributed by atoms with Crippen molar-refractivity contribution in [1.29, 1.82) is 0 Å². The summed E-state index contributed by atoms with van der Waals surface area (Å²) in [6.07, 6.45) is -3.52. The Morgan fingerprint density at radius 1 is 0.571 bits per heavy atom. The van der Waals surface area contributed by atoms with E-state index in [2.05, 4.69) is 0 Å². The molecule has 0 aliphatic rings. The number of aliphatic carboxylic acids is 5. The molecule has 0 aromatic heterocycles. The minimum Gasteiger partial charge on any atom is -0.481 e. The van der Waals surface area contributed by atoms with Crippen LogP contribution in [0.3, 0.4) is 0 Å². The molecule has 3 atom stereocenters. The Bertz CT molecular complexity index is 467. The molecule has 0 bridgehead atoms. The van der Waals surface area contributed by atoms with Gasteiger partial charge in [0.25, 0.3) is 0 Å². The van der Waals surface area contributed by atoms with Crippen LogP contribution < -0.4 is 0 Å².